The quantitative estimate of drug-likeness (QED) is 0.801. The monoisotopic (exact) mass is 205 g/mol. The number of hydrogen-bond acceptors (Lipinski definition) is 2. The molecule has 82 valence electrons. The SMILES string of the molecule is CNc1cccc2c1C[C@@H](C(C)C)OC2. The average Bonchev–Trinajstić information content (AvgIpc) is 2.27. The minimum absolute atomic E-state index is 0.368. The molecule has 2 rings (SSSR count). The van der Waals surface area contributed by atoms with Crippen LogP contribution in [0.25, 0.3) is 0 Å². The Labute approximate surface area is 91.6 Å². The lowest BCUT2D eigenvalue weighted by molar-refractivity contribution is -0.0000818. The van der Waals surface area contributed by atoms with Crippen molar-refractivity contribution in [1.29, 1.82) is 0 Å². The molecule has 0 aliphatic carbocycles. The molecule has 2 nitrogen and oxygen atoms in total. The molecule has 1 aromatic rings. The van der Waals surface area contributed by atoms with Gasteiger partial charge in [0.25, 0.3) is 0 Å². The van der Waals surface area contributed by atoms with E-state index in [1.165, 1.54) is 16.8 Å². The van der Waals surface area contributed by atoms with Crippen molar-refractivity contribution in [2.24, 2.45) is 5.92 Å². The van der Waals surface area contributed by atoms with E-state index in [9.17, 15) is 0 Å². The Morgan fingerprint density at radius 2 is 2.20 bits per heavy atom. The Hall–Kier alpha value is -1.02. The van der Waals surface area contributed by atoms with Crippen LogP contribution in [0.5, 0.6) is 0 Å². The second-order valence-corrected chi connectivity index (χ2v) is 4.49. The zero-order chi connectivity index (χ0) is 10.8. The van der Waals surface area contributed by atoms with E-state index >= 15 is 0 Å². The van der Waals surface area contributed by atoms with Crippen LogP contribution in [0.3, 0.4) is 0 Å². The summed E-state index contributed by atoms with van der Waals surface area (Å²) in [6.07, 6.45) is 1.40. The van der Waals surface area contributed by atoms with Crippen molar-refractivity contribution < 1.29 is 4.74 Å². The molecule has 1 aliphatic rings. The van der Waals surface area contributed by atoms with Gasteiger partial charge < -0.3 is 10.1 Å². The van der Waals surface area contributed by atoms with Gasteiger partial charge in [0.2, 0.25) is 0 Å². The normalized spacial score (nSPS) is 20.1. The molecule has 0 unspecified atom stereocenters. The first-order valence-electron chi connectivity index (χ1n) is 5.62. The number of rotatable bonds is 2. The molecule has 1 heterocycles. The van der Waals surface area contributed by atoms with Crippen LogP contribution in [0.4, 0.5) is 5.69 Å². The van der Waals surface area contributed by atoms with Crippen molar-refractivity contribution in [3.63, 3.8) is 0 Å². The molecule has 1 aliphatic heterocycles. The highest BCUT2D eigenvalue weighted by Gasteiger charge is 2.23. The Balaban J connectivity index is 2.30. The van der Waals surface area contributed by atoms with Gasteiger partial charge in [-0.3, -0.25) is 0 Å². The van der Waals surface area contributed by atoms with E-state index in [2.05, 4.69) is 37.4 Å². The van der Waals surface area contributed by atoms with E-state index in [1.54, 1.807) is 0 Å². The molecule has 0 saturated heterocycles. The molecule has 0 fully saturated rings. The number of benzene rings is 1. The molecular formula is C13H19NO. The van der Waals surface area contributed by atoms with E-state index in [-0.39, 0.29) is 0 Å². The molecule has 0 bridgehead atoms. The number of ether oxygens (including phenoxy) is 1. The molecule has 0 saturated carbocycles. The molecule has 1 atom stereocenters. The first-order valence-corrected chi connectivity index (χ1v) is 5.62. The van der Waals surface area contributed by atoms with Crippen molar-refractivity contribution in [2.75, 3.05) is 12.4 Å². The van der Waals surface area contributed by atoms with E-state index in [0.29, 0.717) is 12.0 Å². The van der Waals surface area contributed by atoms with Crippen molar-refractivity contribution in [3.8, 4) is 0 Å². The van der Waals surface area contributed by atoms with E-state index < -0.39 is 0 Å². The fraction of sp³-hybridized carbons (Fsp3) is 0.538. The van der Waals surface area contributed by atoms with Crippen molar-refractivity contribution in [3.05, 3.63) is 29.3 Å². The lowest BCUT2D eigenvalue weighted by atomic mass is 9.92. The lowest BCUT2D eigenvalue weighted by Crippen LogP contribution is -2.27. The van der Waals surface area contributed by atoms with Gasteiger partial charge in [-0.1, -0.05) is 26.0 Å². The summed E-state index contributed by atoms with van der Waals surface area (Å²) in [6, 6.07) is 6.39. The maximum absolute atomic E-state index is 5.84. The predicted molar refractivity (Wildman–Crippen MR) is 63.1 cm³/mol. The third kappa shape index (κ3) is 2.00. The summed E-state index contributed by atoms with van der Waals surface area (Å²) >= 11 is 0. The summed E-state index contributed by atoms with van der Waals surface area (Å²) in [5.74, 6) is 0.586. The summed E-state index contributed by atoms with van der Waals surface area (Å²) in [7, 11) is 1.98. The Morgan fingerprint density at radius 3 is 2.87 bits per heavy atom. The Bertz CT molecular complexity index is 332. The maximum atomic E-state index is 5.84. The summed E-state index contributed by atoms with van der Waals surface area (Å²) in [4.78, 5) is 0. The van der Waals surface area contributed by atoms with Crippen LogP contribution in [-0.2, 0) is 17.8 Å². The van der Waals surface area contributed by atoms with Gasteiger partial charge in [-0.25, -0.2) is 0 Å². The molecule has 0 spiro atoms. The van der Waals surface area contributed by atoms with Crippen LogP contribution in [-0.4, -0.2) is 13.2 Å². The smallest absolute Gasteiger partial charge is 0.0724 e. The highest BCUT2D eigenvalue weighted by molar-refractivity contribution is 5.55. The number of nitrogens with one attached hydrogen (secondary N) is 1. The second-order valence-electron chi connectivity index (χ2n) is 4.49. The lowest BCUT2D eigenvalue weighted by Gasteiger charge is -2.29. The largest absolute Gasteiger partial charge is 0.388 e. The molecule has 0 aromatic heterocycles. The van der Waals surface area contributed by atoms with Crippen LogP contribution in [0.1, 0.15) is 25.0 Å². The Kier molecular flexibility index (Phi) is 2.96. The van der Waals surface area contributed by atoms with Crippen molar-refractivity contribution in [2.45, 2.75) is 33.0 Å². The zero-order valence-electron chi connectivity index (χ0n) is 9.71. The van der Waals surface area contributed by atoms with Gasteiger partial charge in [-0.15, -0.1) is 0 Å². The van der Waals surface area contributed by atoms with Gasteiger partial charge in [-0.05, 0) is 23.1 Å². The zero-order valence-corrected chi connectivity index (χ0v) is 9.71. The minimum Gasteiger partial charge on any atom is -0.388 e. The molecule has 1 aromatic carbocycles. The van der Waals surface area contributed by atoms with Crippen LogP contribution in [0.2, 0.25) is 0 Å². The summed E-state index contributed by atoms with van der Waals surface area (Å²) < 4.78 is 5.84. The number of hydrogen-bond donors (Lipinski definition) is 1. The summed E-state index contributed by atoms with van der Waals surface area (Å²) in [5.41, 5.74) is 4.02. The van der Waals surface area contributed by atoms with E-state index in [4.69, 9.17) is 4.74 Å². The van der Waals surface area contributed by atoms with E-state index in [1.807, 2.05) is 7.05 Å². The standard InChI is InChI=1S/C13H19NO/c1-9(2)13-7-11-10(8-15-13)5-4-6-12(11)14-3/h4-6,9,13-14H,7-8H2,1-3H3/t13-/m0/s1. The third-order valence-electron chi connectivity index (χ3n) is 3.14. The number of anilines is 1. The van der Waals surface area contributed by atoms with Gasteiger partial charge in [0.1, 0.15) is 0 Å². The second kappa shape index (κ2) is 4.23. The first kappa shape index (κ1) is 10.5. The first-order chi connectivity index (χ1) is 7.22. The van der Waals surface area contributed by atoms with Gasteiger partial charge >= 0.3 is 0 Å². The fourth-order valence-corrected chi connectivity index (χ4v) is 2.13. The Morgan fingerprint density at radius 1 is 1.40 bits per heavy atom. The van der Waals surface area contributed by atoms with Crippen LogP contribution >= 0.6 is 0 Å². The average molecular weight is 205 g/mol. The summed E-state index contributed by atoms with van der Waals surface area (Å²) in [6.45, 7) is 5.20. The highest BCUT2D eigenvalue weighted by atomic mass is 16.5. The fourth-order valence-electron chi connectivity index (χ4n) is 2.13. The molecular weight excluding hydrogens is 186 g/mol. The van der Waals surface area contributed by atoms with Crippen LogP contribution < -0.4 is 5.32 Å². The molecule has 2 heteroatoms. The summed E-state index contributed by atoms with van der Waals surface area (Å²) in [5, 5.41) is 3.26. The topological polar surface area (TPSA) is 21.3 Å². The highest BCUT2D eigenvalue weighted by Crippen LogP contribution is 2.29. The van der Waals surface area contributed by atoms with Crippen LogP contribution in [0, 0.1) is 5.92 Å². The van der Waals surface area contributed by atoms with Gasteiger partial charge in [0, 0.05) is 19.2 Å². The molecule has 0 radical (unpaired) electrons. The van der Waals surface area contributed by atoms with Crippen molar-refractivity contribution >= 4 is 5.69 Å². The van der Waals surface area contributed by atoms with Gasteiger partial charge in [-0.2, -0.15) is 0 Å². The van der Waals surface area contributed by atoms with Crippen LogP contribution in [0.15, 0.2) is 18.2 Å². The van der Waals surface area contributed by atoms with Crippen molar-refractivity contribution in [1.82, 2.24) is 0 Å². The predicted octanol–water partition coefficient (Wildman–Crippen LogP) is 2.83. The molecule has 1 N–H and O–H groups in total. The maximum Gasteiger partial charge on any atom is 0.0724 e. The molecule has 15 heavy (non-hydrogen) atoms. The molecule has 0 amide bonds. The van der Waals surface area contributed by atoms with Gasteiger partial charge in [0.15, 0.2) is 0 Å². The minimum atomic E-state index is 0.368. The van der Waals surface area contributed by atoms with E-state index in [0.717, 1.165) is 13.0 Å². The third-order valence-corrected chi connectivity index (χ3v) is 3.14. The number of fused-ring (bicyclic) bond motifs is 1. The van der Waals surface area contributed by atoms with Gasteiger partial charge in [0.05, 0.1) is 12.7 Å².